The standard InChI is InChI=1S/C23H19BrClN3OS/c1-13-4-7-18(25)12-20(13)26-23-27-22(29)21(30-23)11-16-10-14(2)28(15(16)3)19-8-5-17(24)6-9-19/h4-12H,1-3H3,(H,26,27,29)/b21-11-. The van der Waals surface area contributed by atoms with E-state index in [1.807, 2.05) is 37.3 Å². The number of hydrogen-bond acceptors (Lipinski definition) is 3. The second kappa shape index (κ2) is 8.46. The molecule has 1 N–H and O–H groups in total. The predicted octanol–water partition coefficient (Wildman–Crippen LogP) is 6.71. The van der Waals surface area contributed by atoms with Gasteiger partial charge in [0.2, 0.25) is 0 Å². The Morgan fingerprint density at radius 2 is 1.83 bits per heavy atom. The van der Waals surface area contributed by atoms with E-state index in [0.29, 0.717) is 15.1 Å². The highest BCUT2D eigenvalue weighted by atomic mass is 79.9. The maximum Gasteiger partial charge on any atom is 0.264 e. The van der Waals surface area contributed by atoms with Crippen molar-refractivity contribution in [3.8, 4) is 5.69 Å². The third-order valence-corrected chi connectivity index (χ3v) is 6.56. The second-order valence-electron chi connectivity index (χ2n) is 7.05. The number of nitrogens with zero attached hydrogens (tertiary/aromatic N) is 2. The van der Waals surface area contributed by atoms with E-state index in [0.717, 1.165) is 38.4 Å². The minimum Gasteiger partial charge on any atom is -0.318 e. The monoisotopic (exact) mass is 499 g/mol. The molecule has 4 nitrogen and oxygen atoms in total. The Morgan fingerprint density at radius 3 is 2.57 bits per heavy atom. The Morgan fingerprint density at radius 1 is 1.10 bits per heavy atom. The second-order valence-corrected chi connectivity index (χ2v) is 9.43. The lowest BCUT2D eigenvalue weighted by Gasteiger charge is -2.09. The number of hydrogen-bond donors (Lipinski definition) is 1. The van der Waals surface area contributed by atoms with Crippen LogP contribution in [0.1, 0.15) is 22.5 Å². The number of carbonyl (C=O) groups is 1. The highest BCUT2D eigenvalue weighted by Gasteiger charge is 2.25. The van der Waals surface area contributed by atoms with Crippen molar-refractivity contribution in [3.63, 3.8) is 0 Å². The Bertz CT molecular complexity index is 1210. The summed E-state index contributed by atoms with van der Waals surface area (Å²) in [6.07, 6.45) is 1.92. The molecule has 0 aliphatic carbocycles. The lowest BCUT2D eigenvalue weighted by Crippen LogP contribution is -2.19. The van der Waals surface area contributed by atoms with Crippen molar-refractivity contribution in [2.24, 2.45) is 4.99 Å². The number of nitrogens with one attached hydrogen (secondary N) is 1. The van der Waals surface area contributed by atoms with E-state index in [1.54, 1.807) is 6.07 Å². The van der Waals surface area contributed by atoms with Gasteiger partial charge in [-0.15, -0.1) is 0 Å². The smallest absolute Gasteiger partial charge is 0.264 e. The fourth-order valence-corrected chi connectivity index (χ4v) is 4.61. The number of amidine groups is 1. The van der Waals surface area contributed by atoms with E-state index >= 15 is 0 Å². The number of aryl methyl sites for hydroxylation is 2. The molecule has 1 fully saturated rings. The van der Waals surface area contributed by atoms with Crippen LogP contribution in [0, 0.1) is 20.8 Å². The van der Waals surface area contributed by atoms with Gasteiger partial charge in [0.25, 0.3) is 5.91 Å². The van der Waals surface area contributed by atoms with E-state index in [9.17, 15) is 4.79 Å². The maximum absolute atomic E-state index is 12.5. The highest BCUT2D eigenvalue weighted by molar-refractivity contribution is 9.10. The summed E-state index contributed by atoms with van der Waals surface area (Å²) < 4.78 is 3.22. The third kappa shape index (κ3) is 4.26. The fraction of sp³-hybridized carbons (Fsp3) is 0.130. The zero-order valence-corrected chi connectivity index (χ0v) is 19.8. The molecule has 1 aromatic heterocycles. The lowest BCUT2D eigenvalue weighted by molar-refractivity contribution is -0.115. The number of halogens is 2. The molecule has 1 aliphatic heterocycles. The molecule has 4 rings (SSSR count). The first-order valence-electron chi connectivity index (χ1n) is 9.32. The summed E-state index contributed by atoms with van der Waals surface area (Å²) in [6, 6.07) is 15.8. The van der Waals surface area contributed by atoms with Crippen LogP contribution in [0.5, 0.6) is 0 Å². The van der Waals surface area contributed by atoms with E-state index in [1.165, 1.54) is 11.8 Å². The van der Waals surface area contributed by atoms with Crippen molar-refractivity contribution in [3.05, 3.63) is 85.4 Å². The number of benzene rings is 2. The SMILES string of the molecule is Cc1ccc(Cl)cc1N=C1NC(=O)/C(=C/c2cc(C)n(-c3ccc(Br)cc3)c2C)S1. The molecule has 1 amide bonds. The van der Waals surface area contributed by atoms with Crippen LogP contribution in [-0.2, 0) is 4.79 Å². The van der Waals surface area contributed by atoms with Gasteiger partial charge in [-0.1, -0.05) is 33.6 Å². The Hall–Kier alpha value is -2.28. The number of thioether (sulfide) groups is 1. The van der Waals surface area contributed by atoms with Gasteiger partial charge < -0.3 is 9.88 Å². The topological polar surface area (TPSA) is 46.4 Å². The van der Waals surface area contributed by atoms with Crippen LogP contribution in [-0.4, -0.2) is 15.6 Å². The molecule has 152 valence electrons. The molecule has 2 aromatic carbocycles. The quantitative estimate of drug-likeness (QED) is 0.406. The van der Waals surface area contributed by atoms with Crippen molar-refractivity contribution >= 4 is 62.1 Å². The van der Waals surface area contributed by atoms with Gasteiger partial charge in [0.05, 0.1) is 10.6 Å². The van der Waals surface area contributed by atoms with Gasteiger partial charge in [0.1, 0.15) is 0 Å². The molecule has 0 saturated carbocycles. The Labute approximate surface area is 193 Å². The molecule has 1 aliphatic rings. The number of aliphatic imine (C=N–C) groups is 1. The average molecular weight is 501 g/mol. The fourth-order valence-electron chi connectivity index (χ4n) is 3.36. The average Bonchev–Trinajstić information content (AvgIpc) is 3.18. The molecular weight excluding hydrogens is 482 g/mol. The van der Waals surface area contributed by atoms with Crippen LogP contribution in [0.25, 0.3) is 11.8 Å². The van der Waals surface area contributed by atoms with Crippen LogP contribution in [0.2, 0.25) is 5.02 Å². The lowest BCUT2D eigenvalue weighted by atomic mass is 10.2. The molecule has 2 heterocycles. The number of carbonyl (C=O) groups excluding carboxylic acids is 1. The van der Waals surface area contributed by atoms with Gasteiger partial charge in [-0.2, -0.15) is 0 Å². The van der Waals surface area contributed by atoms with E-state index < -0.39 is 0 Å². The highest BCUT2D eigenvalue weighted by Crippen LogP contribution is 2.32. The van der Waals surface area contributed by atoms with E-state index in [4.69, 9.17) is 11.6 Å². The van der Waals surface area contributed by atoms with Crippen LogP contribution >= 0.6 is 39.3 Å². The normalized spacial score (nSPS) is 16.5. The van der Waals surface area contributed by atoms with Crippen molar-refractivity contribution in [1.29, 1.82) is 0 Å². The zero-order valence-electron chi connectivity index (χ0n) is 16.7. The van der Waals surface area contributed by atoms with Crippen LogP contribution in [0.3, 0.4) is 0 Å². The maximum atomic E-state index is 12.5. The van der Waals surface area contributed by atoms with Gasteiger partial charge in [0, 0.05) is 26.6 Å². The summed E-state index contributed by atoms with van der Waals surface area (Å²) in [5.41, 5.74) is 6.02. The van der Waals surface area contributed by atoms with Gasteiger partial charge in [0.15, 0.2) is 5.17 Å². The Kier molecular flexibility index (Phi) is 5.91. The van der Waals surface area contributed by atoms with Crippen LogP contribution in [0.15, 0.2) is 62.9 Å². The van der Waals surface area contributed by atoms with E-state index in [2.05, 4.69) is 62.9 Å². The first-order valence-corrected chi connectivity index (χ1v) is 11.3. The molecule has 1 saturated heterocycles. The number of aromatic nitrogens is 1. The van der Waals surface area contributed by atoms with E-state index in [-0.39, 0.29) is 5.91 Å². The molecule has 0 bridgehead atoms. The third-order valence-electron chi connectivity index (χ3n) is 4.89. The largest absolute Gasteiger partial charge is 0.318 e. The molecular formula is C23H19BrClN3OS. The molecule has 3 aromatic rings. The summed E-state index contributed by atoms with van der Waals surface area (Å²) in [7, 11) is 0. The zero-order chi connectivity index (χ0) is 21.4. The van der Waals surface area contributed by atoms with Gasteiger partial charge in [-0.05, 0) is 92.2 Å². The summed E-state index contributed by atoms with van der Waals surface area (Å²) in [4.78, 5) is 17.7. The number of rotatable bonds is 3. The predicted molar refractivity (Wildman–Crippen MR) is 130 cm³/mol. The summed E-state index contributed by atoms with van der Waals surface area (Å²) in [5.74, 6) is -0.146. The van der Waals surface area contributed by atoms with Crippen molar-refractivity contribution in [2.45, 2.75) is 20.8 Å². The summed E-state index contributed by atoms with van der Waals surface area (Å²) in [6.45, 7) is 6.09. The van der Waals surface area contributed by atoms with Crippen LogP contribution in [0.4, 0.5) is 5.69 Å². The first kappa shape index (κ1) is 21.0. The Balaban J connectivity index is 1.65. The van der Waals surface area contributed by atoms with Gasteiger partial charge in [-0.3, -0.25) is 4.79 Å². The van der Waals surface area contributed by atoms with Crippen molar-refractivity contribution < 1.29 is 4.79 Å². The van der Waals surface area contributed by atoms with Crippen molar-refractivity contribution in [2.75, 3.05) is 0 Å². The first-order chi connectivity index (χ1) is 14.3. The number of amides is 1. The molecule has 0 unspecified atom stereocenters. The summed E-state index contributed by atoms with van der Waals surface area (Å²) in [5, 5.41) is 4.02. The molecule has 0 spiro atoms. The van der Waals surface area contributed by atoms with Crippen LogP contribution < -0.4 is 5.32 Å². The molecule has 7 heteroatoms. The minimum absolute atomic E-state index is 0.146. The molecule has 0 radical (unpaired) electrons. The van der Waals surface area contributed by atoms with Gasteiger partial charge >= 0.3 is 0 Å². The van der Waals surface area contributed by atoms with Crippen molar-refractivity contribution in [1.82, 2.24) is 9.88 Å². The minimum atomic E-state index is -0.146. The van der Waals surface area contributed by atoms with Gasteiger partial charge in [-0.25, -0.2) is 4.99 Å². The molecule has 30 heavy (non-hydrogen) atoms. The summed E-state index contributed by atoms with van der Waals surface area (Å²) >= 11 is 10.9. The molecule has 0 atom stereocenters.